The predicted octanol–water partition coefficient (Wildman–Crippen LogP) is 2.53. The Morgan fingerprint density at radius 1 is 1.00 bits per heavy atom. The topological polar surface area (TPSA) is 12.5 Å². The first-order valence-corrected chi connectivity index (χ1v) is 5.03. The largest absolute Gasteiger partial charge is 0.368 e. The minimum atomic E-state index is -0.0665. The van der Waals surface area contributed by atoms with Crippen LogP contribution in [0, 0.1) is 0 Å². The fraction of sp³-hybridized carbons (Fsp3) is 1.00. The fourth-order valence-corrected chi connectivity index (χ4v) is 1.61. The van der Waals surface area contributed by atoms with Crippen LogP contribution in [0.15, 0.2) is 0 Å². The summed E-state index contributed by atoms with van der Waals surface area (Å²) in [4.78, 5) is 2.16. The lowest BCUT2D eigenvalue weighted by atomic mass is 10.0. The van der Waals surface area contributed by atoms with E-state index in [0.29, 0.717) is 0 Å². The number of ether oxygens (including phenoxy) is 1. The van der Waals surface area contributed by atoms with E-state index in [0.717, 1.165) is 13.0 Å². The molecule has 0 spiro atoms. The molecule has 0 radical (unpaired) electrons. The van der Waals surface area contributed by atoms with Crippen molar-refractivity contribution in [3.8, 4) is 0 Å². The average molecular weight is 187 g/mol. The minimum absolute atomic E-state index is 0.0144. The number of nitrogens with zero attached hydrogens (tertiary/aromatic N) is 1. The van der Waals surface area contributed by atoms with Crippen molar-refractivity contribution in [3.05, 3.63) is 0 Å². The third kappa shape index (κ3) is 6.05. The van der Waals surface area contributed by atoms with Crippen LogP contribution in [0.2, 0.25) is 0 Å². The lowest BCUT2D eigenvalue weighted by Gasteiger charge is -2.37. The molecular formula is C11H25NO. The van der Waals surface area contributed by atoms with E-state index < -0.39 is 0 Å². The quantitative estimate of drug-likeness (QED) is 0.656. The zero-order chi connectivity index (χ0) is 10.7. The smallest absolute Gasteiger partial charge is 0.0759 e. The van der Waals surface area contributed by atoms with E-state index >= 15 is 0 Å². The average Bonchev–Trinajstić information content (AvgIpc) is 1.81. The molecule has 0 aromatic carbocycles. The summed E-state index contributed by atoms with van der Waals surface area (Å²) < 4.78 is 6.04. The number of likely N-dealkylation sites (N-methyl/N-ethyl adjacent to an activating group) is 1. The van der Waals surface area contributed by atoms with Crippen molar-refractivity contribution < 1.29 is 4.74 Å². The van der Waals surface area contributed by atoms with Crippen LogP contribution in [0.25, 0.3) is 0 Å². The normalized spacial score (nSPS) is 13.8. The zero-order valence-electron chi connectivity index (χ0n) is 10.3. The van der Waals surface area contributed by atoms with E-state index in [1.54, 1.807) is 0 Å². The number of hydrogen-bond donors (Lipinski definition) is 0. The van der Waals surface area contributed by atoms with Gasteiger partial charge in [-0.3, -0.25) is 0 Å². The number of hydrogen-bond acceptors (Lipinski definition) is 2. The fourth-order valence-electron chi connectivity index (χ4n) is 1.61. The molecular weight excluding hydrogens is 162 g/mol. The molecule has 0 aromatic rings. The third-order valence-corrected chi connectivity index (χ3v) is 2.10. The van der Waals surface area contributed by atoms with Gasteiger partial charge in [0.25, 0.3) is 0 Å². The van der Waals surface area contributed by atoms with E-state index in [-0.39, 0.29) is 11.2 Å². The molecule has 0 unspecified atom stereocenters. The molecule has 0 aromatic heterocycles. The summed E-state index contributed by atoms with van der Waals surface area (Å²) in [6, 6.07) is 0. The van der Waals surface area contributed by atoms with Crippen molar-refractivity contribution in [2.24, 2.45) is 0 Å². The van der Waals surface area contributed by atoms with Gasteiger partial charge in [-0.1, -0.05) is 6.92 Å². The Balaban J connectivity index is 4.16. The first-order chi connectivity index (χ1) is 5.68. The van der Waals surface area contributed by atoms with Gasteiger partial charge in [-0.05, 0) is 48.2 Å². The molecule has 0 aliphatic heterocycles. The lowest BCUT2D eigenvalue weighted by Crippen LogP contribution is -2.43. The molecule has 0 N–H and O–H groups in total. The van der Waals surface area contributed by atoms with Crippen molar-refractivity contribution in [2.45, 2.75) is 52.2 Å². The van der Waals surface area contributed by atoms with Crippen molar-refractivity contribution in [1.82, 2.24) is 4.90 Å². The summed E-state index contributed by atoms with van der Waals surface area (Å²) in [6.07, 6.45) is 1.05. The van der Waals surface area contributed by atoms with Gasteiger partial charge in [0.05, 0.1) is 11.2 Å². The van der Waals surface area contributed by atoms with E-state index in [4.69, 9.17) is 4.74 Å². The van der Waals surface area contributed by atoms with E-state index in [1.165, 1.54) is 0 Å². The minimum Gasteiger partial charge on any atom is -0.368 e. The SMILES string of the molecule is CCC(C)(C)OC(C)(C)CN(C)C. The number of rotatable bonds is 5. The second-order valence-electron chi connectivity index (χ2n) is 5.21. The van der Waals surface area contributed by atoms with Crippen LogP contribution in [0.4, 0.5) is 0 Å². The summed E-state index contributed by atoms with van der Waals surface area (Å²) in [5, 5.41) is 0. The van der Waals surface area contributed by atoms with Gasteiger partial charge in [-0.15, -0.1) is 0 Å². The monoisotopic (exact) mass is 187 g/mol. The maximum atomic E-state index is 6.04. The van der Waals surface area contributed by atoms with E-state index in [9.17, 15) is 0 Å². The highest BCUT2D eigenvalue weighted by Crippen LogP contribution is 2.23. The molecule has 0 aliphatic rings. The molecule has 0 aliphatic carbocycles. The van der Waals surface area contributed by atoms with Gasteiger partial charge >= 0.3 is 0 Å². The highest BCUT2D eigenvalue weighted by molar-refractivity contribution is 4.78. The molecule has 2 heteroatoms. The standard InChI is InChI=1S/C11H25NO/c1-8-10(2,3)13-11(4,5)9-12(6)7/h8-9H2,1-7H3. The van der Waals surface area contributed by atoms with Crippen LogP contribution < -0.4 is 0 Å². The van der Waals surface area contributed by atoms with Gasteiger partial charge in [0.15, 0.2) is 0 Å². The molecule has 0 amide bonds. The molecule has 0 saturated heterocycles. The molecule has 0 heterocycles. The molecule has 2 nitrogen and oxygen atoms in total. The lowest BCUT2D eigenvalue weighted by molar-refractivity contribution is -0.130. The van der Waals surface area contributed by atoms with Gasteiger partial charge in [-0.2, -0.15) is 0 Å². The van der Waals surface area contributed by atoms with Crippen LogP contribution in [-0.2, 0) is 4.74 Å². The molecule has 13 heavy (non-hydrogen) atoms. The van der Waals surface area contributed by atoms with Crippen molar-refractivity contribution in [2.75, 3.05) is 20.6 Å². The first kappa shape index (κ1) is 12.9. The third-order valence-electron chi connectivity index (χ3n) is 2.10. The molecule has 0 rings (SSSR count). The van der Waals surface area contributed by atoms with E-state index in [1.807, 2.05) is 0 Å². The van der Waals surface area contributed by atoms with Gasteiger partial charge in [0.1, 0.15) is 0 Å². The second kappa shape index (κ2) is 4.43. The van der Waals surface area contributed by atoms with Crippen molar-refractivity contribution in [1.29, 1.82) is 0 Å². The highest BCUT2D eigenvalue weighted by Gasteiger charge is 2.28. The molecule has 80 valence electrons. The van der Waals surface area contributed by atoms with Gasteiger partial charge in [0, 0.05) is 6.54 Å². The van der Waals surface area contributed by atoms with Crippen LogP contribution >= 0.6 is 0 Å². The van der Waals surface area contributed by atoms with Crippen LogP contribution in [0.3, 0.4) is 0 Å². The summed E-state index contributed by atoms with van der Waals surface area (Å²) in [7, 11) is 4.15. The van der Waals surface area contributed by atoms with Crippen LogP contribution in [-0.4, -0.2) is 36.7 Å². The Morgan fingerprint density at radius 3 is 1.77 bits per heavy atom. The Morgan fingerprint density at radius 2 is 1.46 bits per heavy atom. The van der Waals surface area contributed by atoms with Crippen molar-refractivity contribution in [3.63, 3.8) is 0 Å². The highest BCUT2D eigenvalue weighted by atomic mass is 16.5. The molecule has 0 saturated carbocycles. The van der Waals surface area contributed by atoms with Crippen LogP contribution in [0.1, 0.15) is 41.0 Å². The summed E-state index contributed by atoms with van der Waals surface area (Å²) >= 11 is 0. The van der Waals surface area contributed by atoms with Crippen molar-refractivity contribution >= 4 is 0 Å². The van der Waals surface area contributed by atoms with E-state index in [2.05, 4.69) is 53.6 Å². The maximum Gasteiger partial charge on any atom is 0.0759 e. The maximum absolute atomic E-state index is 6.04. The first-order valence-electron chi connectivity index (χ1n) is 5.03. The Bertz CT molecular complexity index is 150. The predicted molar refractivity (Wildman–Crippen MR) is 58.1 cm³/mol. The summed E-state index contributed by atoms with van der Waals surface area (Å²) in [5.74, 6) is 0. The van der Waals surface area contributed by atoms with Crippen LogP contribution in [0.5, 0.6) is 0 Å². The second-order valence-corrected chi connectivity index (χ2v) is 5.21. The molecule has 0 bridgehead atoms. The summed E-state index contributed by atoms with van der Waals surface area (Å²) in [5.41, 5.74) is -0.0808. The Labute approximate surface area is 83.3 Å². The summed E-state index contributed by atoms with van der Waals surface area (Å²) in [6.45, 7) is 11.7. The molecule has 0 fully saturated rings. The van der Waals surface area contributed by atoms with Gasteiger partial charge in [-0.25, -0.2) is 0 Å². The Kier molecular flexibility index (Phi) is 4.40. The zero-order valence-corrected chi connectivity index (χ0v) is 10.3. The van der Waals surface area contributed by atoms with Gasteiger partial charge < -0.3 is 9.64 Å². The van der Waals surface area contributed by atoms with Gasteiger partial charge in [0.2, 0.25) is 0 Å². The Hall–Kier alpha value is -0.0800. The molecule has 0 atom stereocenters.